The molecular weight excluding hydrogens is 226 g/mol. The van der Waals surface area contributed by atoms with Crippen LogP contribution in [0.2, 0.25) is 0 Å². The molecule has 0 radical (unpaired) electrons. The molecule has 0 unspecified atom stereocenters. The highest BCUT2D eigenvalue weighted by Gasteiger charge is 2.12. The van der Waals surface area contributed by atoms with Gasteiger partial charge in [0.1, 0.15) is 0 Å². The van der Waals surface area contributed by atoms with Crippen LogP contribution in [0.15, 0.2) is 36.5 Å². The van der Waals surface area contributed by atoms with Gasteiger partial charge in [-0.1, -0.05) is 30.3 Å². The van der Waals surface area contributed by atoms with Gasteiger partial charge in [0, 0.05) is 18.8 Å². The smallest absolute Gasteiger partial charge is 0.255 e. The summed E-state index contributed by atoms with van der Waals surface area (Å²) >= 11 is 0. The van der Waals surface area contributed by atoms with Crippen molar-refractivity contribution in [3.8, 4) is 0 Å². The highest BCUT2D eigenvalue weighted by atomic mass is 16.1. The number of carbonyl (C=O) groups excluding carboxylic acids is 1. The minimum Gasteiger partial charge on any atom is -0.348 e. The topological polar surface area (TPSA) is 46.9 Å². The van der Waals surface area contributed by atoms with E-state index in [-0.39, 0.29) is 5.91 Å². The van der Waals surface area contributed by atoms with Gasteiger partial charge in [0.15, 0.2) is 0 Å². The number of nitrogens with one attached hydrogen (secondary N) is 1. The summed E-state index contributed by atoms with van der Waals surface area (Å²) < 4.78 is 1.82. The Morgan fingerprint density at radius 3 is 2.67 bits per heavy atom. The summed E-state index contributed by atoms with van der Waals surface area (Å²) in [4.78, 5) is 12.0. The van der Waals surface area contributed by atoms with Crippen LogP contribution in [0.5, 0.6) is 0 Å². The zero-order chi connectivity index (χ0) is 13.0. The third-order valence-electron chi connectivity index (χ3n) is 2.94. The second-order valence-electron chi connectivity index (χ2n) is 4.13. The Morgan fingerprint density at radius 2 is 2.06 bits per heavy atom. The van der Waals surface area contributed by atoms with Crippen LogP contribution < -0.4 is 5.32 Å². The normalized spacial score (nSPS) is 10.3. The Bertz CT molecular complexity index is 531. The SMILES string of the molecule is CCn1ncc(C(=O)NCc2ccccc2)c1C. The van der Waals surface area contributed by atoms with E-state index in [1.165, 1.54) is 0 Å². The first-order valence-electron chi connectivity index (χ1n) is 6.07. The molecule has 18 heavy (non-hydrogen) atoms. The van der Waals surface area contributed by atoms with Crippen LogP contribution in [0.4, 0.5) is 0 Å². The summed E-state index contributed by atoms with van der Waals surface area (Å²) in [6.07, 6.45) is 1.62. The summed E-state index contributed by atoms with van der Waals surface area (Å²) in [5, 5.41) is 7.07. The third-order valence-corrected chi connectivity index (χ3v) is 2.94. The molecule has 0 aliphatic heterocycles. The largest absolute Gasteiger partial charge is 0.348 e. The van der Waals surface area contributed by atoms with E-state index in [0.29, 0.717) is 12.1 Å². The Labute approximate surface area is 107 Å². The van der Waals surface area contributed by atoms with E-state index in [1.807, 2.05) is 48.9 Å². The maximum Gasteiger partial charge on any atom is 0.255 e. The molecule has 2 rings (SSSR count). The van der Waals surface area contributed by atoms with Crippen molar-refractivity contribution in [3.63, 3.8) is 0 Å². The molecule has 0 saturated heterocycles. The van der Waals surface area contributed by atoms with Crippen molar-refractivity contribution in [2.24, 2.45) is 0 Å². The second kappa shape index (κ2) is 5.49. The zero-order valence-corrected chi connectivity index (χ0v) is 10.7. The average molecular weight is 243 g/mol. The van der Waals surface area contributed by atoms with Gasteiger partial charge >= 0.3 is 0 Å². The lowest BCUT2D eigenvalue weighted by atomic mass is 10.2. The molecule has 0 fully saturated rings. The molecule has 4 heteroatoms. The standard InChI is InChI=1S/C14H17N3O/c1-3-17-11(2)13(10-16-17)14(18)15-9-12-7-5-4-6-8-12/h4-8,10H,3,9H2,1-2H3,(H,15,18). The summed E-state index contributed by atoms with van der Waals surface area (Å²) in [5.41, 5.74) is 2.64. The van der Waals surface area contributed by atoms with Crippen molar-refractivity contribution in [1.82, 2.24) is 15.1 Å². The Morgan fingerprint density at radius 1 is 1.33 bits per heavy atom. The van der Waals surface area contributed by atoms with Crippen molar-refractivity contribution >= 4 is 5.91 Å². The fraction of sp³-hybridized carbons (Fsp3) is 0.286. The van der Waals surface area contributed by atoms with E-state index in [2.05, 4.69) is 10.4 Å². The van der Waals surface area contributed by atoms with E-state index in [4.69, 9.17) is 0 Å². The molecule has 0 atom stereocenters. The number of hydrogen-bond donors (Lipinski definition) is 1. The van der Waals surface area contributed by atoms with E-state index in [9.17, 15) is 4.79 Å². The summed E-state index contributed by atoms with van der Waals surface area (Å²) in [5.74, 6) is -0.0731. The van der Waals surface area contributed by atoms with Crippen LogP contribution in [-0.4, -0.2) is 15.7 Å². The first kappa shape index (κ1) is 12.4. The number of amides is 1. The molecule has 1 heterocycles. The van der Waals surface area contributed by atoms with Gasteiger partial charge in [-0.3, -0.25) is 9.48 Å². The molecule has 1 aromatic heterocycles. The number of benzene rings is 1. The van der Waals surface area contributed by atoms with Crippen LogP contribution >= 0.6 is 0 Å². The maximum absolute atomic E-state index is 12.0. The van der Waals surface area contributed by atoms with Gasteiger partial charge in [-0.2, -0.15) is 5.10 Å². The molecule has 0 aliphatic rings. The first-order valence-corrected chi connectivity index (χ1v) is 6.07. The number of carbonyl (C=O) groups is 1. The molecule has 0 spiro atoms. The molecule has 4 nitrogen and oxygen atoms in total. The molecule has 2 aromatic rings. The summed E-state index contributed by atoms with van der Waals surface area (Å²) in [7, 11) is 0. The van der Waals surface area contributed by atoms with Gasteiger partial charge in [0.25, 0.3) is 5.91 Å². The number of aromatic nitrogens is 2. The van der Waals surface area contributed by atoms with Crippen LogP contribution in [0.25, 0.3) is 0 Å². The maximum atomic E-state index is 12.0. The first-order chi connectivity index (χ1) is 8.72. The van der Waals surface area contributed by atoms with Crippen LogP contribution in [0, 0.1) is 6.92 Å². The molecule has 0 bridgehead atoms. The lowest BCUT2D eigenvalue weighted by Crippen LogP contribution is -2.23. The molecule has 1 aromatic carbocycles. The molecule has 1 N–H and O–H groups in total. The quantitative estimate of drug-likeness (QED) is 0.894. The molecule has 0 saturated carbocycles. The van der Waals surface area contributed by atoms with Crippen molar-refractivity contribution in [3.05, 3.63) is 53.3 Å². The Hall–Kier alpha value is -2.10. The lowest BCUT2D eigenvalue weighted by Gasteiger charge is -2.05. The van der Waals surface area contributed by atoms with Gasteiger partial charge in [-0.15, -0.1) is 0 Å². The predicted octanol–water partition coefficient (Wildman–Crippen LogP) is 2.14. The van der Waals surface area contributed by atoms with Gasteiger partial charge in [-0.25, -0.2) is 0 Å². The molecule has 1 amide bonds. The van der Waals surface area contributed by atoms with E-state index in [1.54, 1.807) is 6.20 Å². The van der Waals surface area contributed by atoms with E-state index in [0.717, 1.165) is 17.8 Å². The van der Waals surface area contributed by atoms with Crippen molar-refractivity contribution in [2.45, 2.75) is 26.9 Å². The number of rotatable bonds is 4. The van der Waals surface area contributed by atoms with Gasteiger partial charge in [0.05, 0.1) is 11.8 Å². The minimum atomic E-state index is -0.0731. The zero-order valence-electron chi connectivity index (χ0n) is 10.7. The monoisotopic (exact) mass is 243 g/mol. The molecule has 94 valence electrons. The second-order valence-corrected chi connectivity index (χ2v) is 4.13. The number of nitrogens with zero attached hydrogens (tertiary/aromatic N) is 2. The summed E-state index contributed by atoms with van der Waals surface area (Å²) in [6, 6.07) is 9.86. The lowest BCUT2D eigenvalue weighted by molar-refractivity contribution is 0.0950. The highest BCUT2D eigenvalue weighted by Crippen LogP contribution is 2.07. The number of aryl methyl sites for hydroxylation is 1. The Balaban J connectivity index is 2.02. The van der Waals surface area contributed by atoms with Gasteiger partial charge in [-0.05, 0) is 19.4 Å². The third kappa shape index (κ3) is 2.59. The fourth-order valence-corrected chi connectivity index (χ4v) is 1.86. The number of hydrogen-bond acceptors (Lipinski definition) is 2. The fourth-order valence-electron chi connectivity index (χ4n) is 1.86. The van der Waals surface area contributed by atoms with E-state index >= 15 is 0 Å². The van der Waals surface area contributed by atoms with Crippen LogP contribution in [0.1, 0.15) is 28.5 Å². The van der Waals surface area contributed by atoms with Crippen molar-refractivity contribution < 1.29 is 4.79 Å². The van der Waals surface area contributed by atoms with Gasteiger partial charge in [0.2, 0.25) is 0 Å². The minimum absolute atomic E-state index is 0.0731. The highest BCUT2D eigenvalue weighted by molar-refractivity contribution is 5.94. The van der Waals surface area contributed by atoms with Crippen LogP contribution in [-0.2, 0) is 13.1 Å². The molecular formula is C14H17N3O. The average Bonchev–Trinajstić information content (AvgIpc) is 2.78. The predicted molar refractivity (Wildman–Crippen MR) is 70.3 cm³/mol. The molecule has 0 aliphatic carbocycles. The Kier molecular flexibility index (Phi) is 3.77. The van der Waals surface area contributed by atoms with Crippen LogP contribution in [0.3, 0.4) is 0 Å². The van der Waals surface area contributed by atoms with Crippen molar-refractivity contribution in [1.29, 1.82) is 0 Å². The van der Waals surface area contributed by atoms with Gasteiger partial charge < -0.3 is 5.32 Å². The van der Waals surface area contributed by atoms with Crippen molar-refractivity contribution in [2.75, 3.05) is 0 Å². The van der Waals surface area contributed by atoms with E-state index < -0.39 is 0 Å². The summed E-state index contributed by atoms with van der Waals surface area (Å²) in [6.45, 7) is 5.23.